The monoisotopic (exact) mass is 452 g/mol. The number of thiophene rings is 1. The largest absolute Gasteiger partial charge is 0.483 e. The molecule has 0 unspecified atom stereocenters. The van der Waals surface area contributed by atoms with E-state index in [1.807, 2.05) is 11.0 Å². The van der Waals surface area contributed by atoms with Gasteiger partial charge in [0.25, 0.3) is 6.47 Å². The fourth-order valence-corrected chi connectivity index (χ4v) is 5.77. The van der Waals surface area contributed by atoms with Crippen molar-refractivity contribution in [3.8, 4) is 22.9 Å². The molecule has 1 saturated carbocycles. The molecule has 170 valence electrons. The quantitative estimate of drug-likeness (QED) is 0.499. The van der Waals surface area contributed by atoms with E-state index in [0.29, 0.717) is 5.91 Å². The molecule has 1 N–H and O–H groups in total. The van der Waals surface area contributed by atoms with Crippen LogP contribution in [0.3, 0.4) is 0 Å². The first-order valence-electron chi connectivity index (χ1n) is 11.4. The highest BCUT2D eigenvalue weighted by Gasteiger charge is 2.34. The molecule has 2 heterocycles. The van der Waals surface area contributed by atoms with E-state index in [2.05, 4.69) is 48.2 Å². The summed E-state index contributed by atoms with van der Waals surface area (Å²) in [4.78, 5) is 28.8. The van der Waals surface area contributed by atoms with E-state index in [1.165, 1.54) is 34.6 Å². The van der Waals surface area contributed by atoms with Crippen molar-refractivity contribution >= 4 is 29.4 Å². The maximum Gasteiger partial charge on any atom is 0.290 e. The topological polar surface area (TPSA) is 60.9 Å². The number of amides is 1. The molecule has 0 atom stereocenters. The van der Waals surface area contributed by atoms with Crippen LogP contribution in [0.1, 0.15) is 49.8 Å². The van der Waals surface area contributed by atoms with Gasteiger partial charge in [0.2, 0.25) is 5.91 Å². The molecular formula is C26H32N2O3S. The van der Waals surface area contributed by atoms with Gasteiger partial charge >= 0.3 is 0 Å². The van der Waals surface area contributed by atoms with E-state index in [1.54, 1.807) is 11.3 Å². The first-order valence-corrected chi connectivity index (χ1v) is 12.2. The predicted octanol–water partition coefficient (Wildman–Crippen LogP) is 5.39. The minimum Gasteiger partial charge on any atom is -0.483 e. The second-order valence-electron chi connectivity index (χ2n) is 8.41. The molecule has 0 radical (unpaired) electrons. The third-order valence-corrected chi connectivity index (χ3v) is 7.50. The van der Waals surface area contributed by atoms with Gasteiger partial charge in [-0.2, -0.15) is 0 Å². The van der Waals surface area contributed by atoms with E-state index in [0.717, 1.165) is 44.5 Å². The zero-order valence-electron chi connectivity index (χ0n) is 18.7. The lowest BCUT2D eigenvalue weighted by molar-refractivity contribution is -0.124. The summed E-state index contributed by atoms with van der Waals surface area (Å²) in [5, 5.41) is 6.89. The Balaban J connectivity index is 0.000000913. The molecule has 1 aliphatic carbocycles. The Kier molecular flexibility index (Phi) is 8.75. The average molecular weight is 453 g/mol. The number of piperidine rings is 1. The summed E-state index contributed by atoms with van der Waals surface area (Å²) < 4.78 is 0. The van der Waals surface area contributed by atoms with Crippen LogP contribution < -0.4 is 4.90 Å². The van der Waals surface area contributed by atoms with Crippen LogP contribution in [0.25, 0.3) is 10.4 Å². The second kappa shape index (κ2) is 11.7. The number of carbonyl (C=O) groups excluding carboxylic acids is 1. The summed E-state index contributed by atoms with van der Waals surface area (Å²) >= 11 is 1.79. The summed E-state index contributed by atoms with van der Waals surface area (Å²) in [5.41, 5.74) is 2.34. The summed E-state index contributed by atoms with van der Waals surface area (Å²) in [5.74, 6) is 0.512. The van der Waals surface area contributed by atoms with Gasteiger partial charge in [0, 0.05) is 40.8 Å². The fraction of sp³-hybridized carbons (Fsp3) is 0.462. The number of carboxylic acid groups (broad SMARTS) is 1. The highest BCUT2D eigenvalue weighted by atomic mass is 32.1. The normalized spacial score (nSPS) is 17.1. The van der Waals surface area contributed by atoms with Crippen LogP contribution in [0.2, 0.25) is 0 Å². The number of aryl methyl sites for hydroxylation is 1. The standard InChI is InChI=1S/C25H30N2OS.CH2O2/c1-3-26-16-14-22(15-17-26)27(25(28)21-12-8-5-9-13-21)23-18-24(29-19(23)2)20-10-6-4-7-11-20;2-1-3/h1,4,6-7,10-11,18,21-22H,5,8-9,12-17H2,2H3;1H,(H,2,3). The Morgan fingerprint density at radius 3 is 2.38 bits per heavy atom. The predicted molar refractivity (Wildman–Crippen MR) is 131 cm³/mol. The third kappa shape index (κ3) is 5.72. The van der Waals surface area contributed by atoms with Gasteiger partial charge in [0.05, 0.1) is 5.69 Å². The number of likely N-dealkylation sites (tertiary alicyclic amines) is 1. The molecule has 1 amide bonds. The summed E-state index contributed by atoms with van der Waals surface area (Å²) in [7, 11) is 0. The summed E-state index contributed by atoms with van der Waals surface area (Å²) in [6, 6.07) is 15.7. The van der Waals surface area contributed by atoms with Crippen LogP contribution in [0.5, 0.6) is 0 Å². The minimum atomic E-state index is -0.250. The number of benzene rings is 1. The molecule has 1 aromatic carbocycles. The molecular weight excluding hydrogens is 420 g/mol. The molecule has 1 aliphatic heterocycles. The van der Waals surface area contributed by atoms with Crippen molar-refractivity contribution in [2.75, 3.05) is 18.0 Å². The molecule has 0 spiro atoms. The zero-order valence-corrected chi connectivity index (χ0v) is 19.5. The number of anilines is 1. The smallest absolute Gasteiger partial charge is 0.290 e. The Labute approximate surface area is 195 Å². The van der Waals surface area contributed by atoms with E-state index in [-0.39, 0.29) is 18.4 Å². The number of carbonyl (C=O) groups is 2. The van der Waals surface area contributed by atoms with Crippen molar-refractivity contribution in [3.05, 3.63) is 41.3 Å². The molecule has 6 heteroatoms. The lowest BCUT2D eigenvalue weighted by atomic mass is 9.87. The average Bonchev–Trinajstić information content (AvgIpc) is 3.22. The third-order valence-electron chi connectivity index (χ3n) is 6.41. The fourth-order valence-electron chi connectivity index (χ4n) is 4.75. The van der Waals surface area contributed by atoms with Crippen LogP contribution in [-0.2, 0) is 9.59 Å². The van der Waals surface area contributed by atoms with Crippen LogP contribution in [-0.4, -0.2) is 41.5 Å². The van der Waals surface area contributed by atoms with Gasteiger partial charge in [0.15, 0.2) is 0 Å². The van der Waals surface area contributed by atoms with Crippen LogP contribution >= 0.6 is 11.3 Å². The maximum absolute atomic E-state index is 13.7. The van der Waals surface area contributed by atoms with Crippen molar-refractivity contribution in [3.63, 3.8) is 0 Å². The Bertz CT molecular complexity index is 920. The highest BCUT2D eigenvalue weighted by Crippen LogP contribution is 2.40. The lowest BCUT2D eigenvalue weighted by Gasteiger charge is -2.39. The Morgan fingerprint density at radius 2 is 1.78 bits per heavy atom. The first kappa shape index (κ1) is 23.9. The number of hydrogen-bond acceptors (Lipinski definition) is 4. The molecule has 32 heavy (non-hydrogen) atoms. The summed E-state index contributed by atoms with van der Waals surface area (Å²) in [6.07, 6.45) is 13.2. The molecule has 0 bridgehead atoms. The number of nitrogens with zero attached hydrogens (tertiary/aromatic N) is 2. The van der Waals surface area contributed by atoms with Crippen molar-refractivity contribution < 1.29 is 14.7 Å². The van der Waals surface area contributed by atoms with Gasteiger partial charge in [0.1, 0.15) is 0 Å². The lowest BCUT2D eigenvalue weighted by Crippen LogP contribution is -2.49. The Hall–Kier alpha value is -2.78. The molecule has 4 rings (SSSR count). The Morgan fingerprint density at radius 1 is 1.16 bits per heavy atom. The highest BCUT2D eigenvalue weighted by molar-refractivity contribution is 7.16. The van der Waals surface area contributed by atoms with Gasteiger partial charge in [-0.3, -0.25) is 9.59 Å². The van der Waals surface area contributed by atoms with Crippen LogP contribution in [0, 0.1) is 25.3 Å². The molecule has 1 aromatic heterocycles. The molecule has 2 aliphatic rings. The molecule has 2 aromatic rings. The van der Waals surface area contributed by atoms with Gasteiger partial charge in [-0.05, 0) is 44.2 Å². The maximum atomic E-state index is 13.7. The number of terminal acetylenes is 1. The van der Waals surface area contributed by atoms with Crippen LogP contribution in [0.15, 0.2) is 36.4 Å². The SMILES string of the molecule is C#CN1CCC(N(C(=O)C2CCCCC2)c2cc(-c3ccccc3)sc2C)CC1.O=CO. The van der Waals surface area contributed by atoms with Crippen molar-refractivity contribution in [1.29, 1.82) is 0 Å². The van der Waals surface area contributed by atoms with E-state index < -0.39 is 0 Å². The van der Waals surface area contributed by atoms with E-state index in [9.17, 15) is 4.79 Å². The van der Waals surface area contributed by atoms with Gasteiger partial charge < -0.3 is 14.9 Å². The molecule has 5 nitrogen and oxygen atoms in total. The van der Waals surface area contributed by atoms with Crippen molar-refractivity contribution in [1.82, 2.24) is 4.90 Å². The first-order chi connectivity index (χ1) is 15.6. The number of hydrogen-bond donors (Lipinski definition) is 1. The second-order valence-corrected chi connectivity index (χ2v) is 9.67. The molecule has 2 fully saturated rings. The summed E-state index contributed by atoms with van der Waals surface area (Å²) in [6.45, 7) is 3.64. The van der Waals surface area contributed by atoms with Crippen LogP contribution in [0.4, 0.5) is 5.69 Å². The van der Waals surface area contributed by atoms with Gasteiger partial charge in [-0.15, -0.1) is 11.3 Å². The van der Waals surface area contributed by atoms with E-state index >= 15 is 0 Å². The number of rotatable bonds is 4. The van der Waals surface area contributed by atoms with Crippen molar-refractivity contribution in [2.24, 2.45) is 5.92 Å². The van der Waals surface area contributed by atoms with Gasteiger partial charge in [-0.1, -0.05) is 56.0 Å². The van der Waals surface area contributed by atoms with Crippen molar-refractivity contribution in [2.45, 2.75) is 57.9 Å². The van der Waals surface area contributed by atoms with E-state index in [4.69, 9.17) is 16.3 Å². The minimum absolute atomic E-state index is 0.175. The van der Waals surface area contributed by atoms with Gasteiger partial charge in [-0.25, -0.2) is 0 Å². The molecule has 1 saturated heterocycles. The zero-order chi connectivity index (χ0) is 22.9.